The number of hydrogen-bond acceptors (Lipinski definition) is 4. The highest BCUT2D eigenvalue weighted by molar-refractivity contribution is 5.99. The number of anilines is 2. The number of benzene rings is 2. The van der Waals surface area contributed by atoms with E-state index >= 15 is 0 Å². The van der Waals surface area contributed by atoms with Gasteiger partial charge in [0.05, 0.1) is 12.6 Å². The van der Waals surface area contributed by atoms with Gasteiger partial charge in [0.1, 0.15) is 12.7 Å². The summed E-state index contributed by atoms with van der Waals surface area (Å²) in [6.45, 7) is 1.08. The van der Waals surface area contributed by atoms with Gasteiger partial charge in [0.25, 0.3) is 0 Å². The van der Waals surface area contributed by atoms with Crippen LogP contribution in [0.25, 0.3) is 0 Å². The number of amides is 3. The van der Waals surface area contributed by atoms with Crippen molar-refractivity contribution in [3.63, 3.8) is 0 Å². The fraction of sp³-hybridized carbons (Fsp3) is 0.364. The molecule has 1 saturated heterocycles. The molecule has 0 bridgehead atoms. The number of nitrogens with zero attached hydrogens (tertiary/aromatic N) is 1. The molecule has 4 rings (SSSR count). The number of carbonyl (C=O) groups is 2. The van der Waals surface area contributed by atoms with Crippen LogP contribution in [0, 0.1) is 5.92 Å². The zero-order valence-corrected chi connectivity index (χ0v) is 16.1. The van der Waals surface area contributed by atoms with Gasteiger partial charge in [-0.25, -0.2) is 4.79 Å². The first kappa shape index (κ1) is 19.4. The first-order chi connectivity index (χ1) is 14.1. The van der Waals surface area contributed by atoms with Crippen molar-refractivity contribution in [3.8, 4) is 0 Å². The molecule has 3 amide bonds. The zero-order valence-electron chi connectivity index (χ0n) is 16.1. The van der Waals surface area contributed by atoms with Crippen molar-refractivity contribution in [1.29, 1.82) is 0 Å². The highest BCUT2D eigenvalue weighted by atomic mass is 16.5. The second kappa shape index (κ2) is 8.63. The molecule has 1 heterocycles. The van der Waals surface area contributed by atoms with Crippen LogP contribution in [0.2, 0.25) is 0 Å². The van der Waals surface area contributed by atoms with Crippen molar-refractivity contribution < 1.29 is 19.4 Å². The first-order valence-electron chi connectivity index (χ1n) is 9.88. The van der Waals surface area contributed by atoms with Crippen LogP contribution >= 0.6 is 0 Å². The second-order valence-corrected chi connectivity index (χ2v) is 7.58. The molecule has 1 saturated carbocycles. The molecule has 2 atom stereocenters. The van der Waals surface area contributed by atoms with Crippen molar-refractivity contribution in [1.82, 2.24) is 4.90 Å². The largest absolute Gasteiger partial charge is 0.386 e. The summed E-state index contributed by atoms with van der Waals surface area (Å²) in [6.07, 6.45) is 1.43. The molecular formula is C22H25N3O4. The number of aliphatic hydroxyl groups is 1. The minimum absolute atomic E-state index is 0.0666. The van der Waals surface area contributed by atoms with Crippen molar-refractivity contribution in [2.24, 2.45) is 5.92 Å². The molecule has 0 radical (unpaired) electrons. The lowest BCUT2D eigenvalue weighted by Crippen LogP contribution is -2.52. The Morgan fingerprint density at radius 2 is 1.72 bits per heavy atom. The van der Waals surface area contributed by atoms with Crippen LogP contribution in [0.3, 0.4) is 0 Å². The maximum atomic E-state index is 12.3. The average molecular weight is 395 g/mol. The van der Waals surface area contributed by atoms with Crippen LogP contribution in [0.15, 0.2) is 54.6 Å². The zero-order chi connectivity index (χ0) is 20.2. The molecule has 0 aromatic heterocycles. The van der Waals surface area contributed by atoms with Crippen LogP contribution in [0.4, 0.5) is 16.2 Å². The fourth-order valence-corrected chi connectivity index (χ4v) is 3.50. The van der Waals surface area contributed by atoms with Gasteiger partial charge in [0, 0.05) is 17.9 Å². The van der Waals surface area contributed by atoms with E-state index in [0.717, 1.165) is 12.8 Å². The summed E-state index contributed by atoms with van der Waals surface area (Å²) in [6, 6.07) is 15.4. The summed E-state index contributed by atoms with van der Waals surface area (Å²) < 4.78 is 5.39. The number of carbonyl (C=O) groups excluding carboxylic acids is 2. The molecule has 0 spiro atoms. The Balaban J connectivity index is 1.38. The number of morpholine rings is 1. The van der Waals surface area contributed by atoms with Gasteiger partial charge in [-0.05, 0) is 48.6 Å². The molecule has 2 aromatic rings. The number of urea groups is 1. The lowest BCUT2D eigenvalue weighted by atomic mass is 9.99. The molecule has 7 nitrogen and oxygen atoms in total. The minimum Gasteiger partial charge on any atom is -0.386 e. The van der Waals surface area contributed by atoms with Gasteiger partial charge in [0.2, 0.25) is 5.91 Å². The molecule has 152 valence electrons. The van der Waals surface area contributed by atoms with Gasteiger partial charge in [-0.2, -0.15) is 0 Å². The molecule has 7 heteroatoms. The summed E-state index contributed by atoms with van der Waals surface area (Å²) in [5.41, 5.74) is 2.00. The Morgan fingerprint density at radius 1 is 1.07 bits per heavy atom. The predicted molar refractivity (Wildman–Crippen MR) is 110 cm³/mol. The third-order valence-electron chi connectivity index (χ3n) is 5.29. The topological polar surface area (TPSA) is 90.9 Å². The highest BCUT2D eigenvalue weighted by Crippen LogP contribution is 2.33. The van der Waals surface area contributed by atoms with Crippen molar-refractivity contribution >= 4 is 23.3 Å². The predicted octanol–water partition coefficient (Wildman–Crippen LogP) is 3.00. The van der Waals surface area contributed by atoms with Crippen molar-refractivity contribution in [3.05, 3.63) is 60.2 Å². The van der Waals surface area contributed by atoms with E-state index in [9.17, 15) is 14.7 Å². The third-order valence-corrected chi connectivity index (χ3v) is 5.29. The van der Waals surface area contributed by atoms with Gasteiger partial charge in [-0.3, -0.25) is 4.79 Å². The summed E-state index contributed by atoms with van der Waals surface area (Å²) in [7, 11) is 0. The van der Waals surface area contributed by atoms with Gasteiger partial charge in [-0.15, -0.1) is 0 Å². The van der Waals surface area contributed by atoms with Gasteiger partial charge >= 0.3 is 6.03 Å². The van der Waals surface area contributed by atoms with E-state index in [1.165, 1.54) is 0 Å². The quantitative estimate of drug-likeness (QED) is 0.701. The Labute approximate surface area is 169 Å². The van der Waals surface area contributed by atoms with Gasteiger partial charge in [-0.1, -0.05) is 30.3 Å². The standard InChI is InChI=1S/C22H25N3O4/c26-20-14-29-13-19(25(20)12-15-6-7-15)21(27)16-8-10-18(11-9-16)24-22(28)23-17-4-2-1-3-5-17/h1-5,8-11,15,19,21,27H,6-7,12-14H2,(H2,23,24,28). The number of para-hydroxylation sites is 1. The van der Waals surface area contributed by atoms with Gasteiger partial charge < -0.3 is 25.4 Å². The Morgan fingerprint density at radius 3 is 2.38 bits per heavy atom. The molecule has 2 aliphatic rings. The highest BCUT2D eigenvalue weighted by Gasteiger charge is 2.37. The summed E-state index contributed by atoms with van der Waals surface area (Å²) in [5, 5.41) is 16.4. The Hall–Kier alpha value is -2.90. The monoisotopic (exact) mass is 395 g/mol. The summed E-state index contributed by atoms with van der Waals surface area (Å²) >= 11 is 0. The molecule has 1 aliphatic carbocycles. The molecule has 29 heavy (non-hydrogen) atoms. The SMILES string of the molecule is O=C(Nc1ccccc1)Nc1ccc(C(O)C2COCC(=O)N2CC2CC2)cc1. The lowest BCUT2D eigenvalue weighted by Gasteiger charge is -2.38. The van der Waals surface area contributed by atoms with Crippen LogP contribution in [0.1, 0.15) is 24.5 Å². The molecule has 1 aliphatic heterocycles. The van der Waals surface area contributed by atoms with Gasteiger partial charge in [0.15, 0.2) is 0 Å². The number of rotatable bonds is 6. The van der Waals surface area contributed by atoms with Crippen LogP contribution < -0.4 is 10.6 Å². The smallest absolute Gasteiger partial charge is 0.323 e. The number of aliphatic hydroxyl groups excluding tert-OH is 1. The third kappa shape index (κ3) is 4.93. The van der Waals surface area contributed by atoms with Crippen LogP contribution in [-0.2, 0) is 9.53 Å². The second-order valence-electron chi connectivity index (χ2n) is 7.58. The Bertz CT molecular complexity index is 852. The van der Waals surface area contributed by atoms with E-state index < -0.39 is 12.1 Å². The maximum absolute atomic E-state index is 12.3. The summed E-state index contributed by atoms with van der Waals surface area (Å²) in [4.78, 5) is 26.1. The van der Waals surface area contributed by atoms with E-state index in [1.54, 1.807) is 41.3 Å². The van der Waals surface area contributed by atoms with Crippen molar-refractivity contribution in [2.45, 2.75) is 25.0 Å². The van der Waals surface area contributed by atoms with E-state index in [4.69, 9.17) is 4.74 Å². The van der Waals surface area contributed by atoms with Crippen molar-refractivity contribution in [2.75, 3.05) is 30.4 Å². The maximum Gasteiger partial charge on any atom is 0.323 e. The molecule has 2 aromatic carbocycles. The normalized spacial score (nSPS) is 20.2. The number of hydrogen-bond donors (Lipinski definition) is 3. The van der Waals surface area contributed by atoms with E-state index in [-0.39, 0.29) is 18.5 Å². The first-order valence-corrected chi connectivity index (χ1v) is 9.88. The molecular weight excluding hydrogens is 370 g/mol. The number of nitrogens with one attached hydrogen (secondary N) is 2. The molecule has 2 unspecified atom stereocenters. The fourth-order valence-electron chi connectivity index (χ4n) is 3.50. The Kier molecular flexibility index (Phi) is 5.78. The molecule has 3 N–H and O–H groups in total. The van der Waals surface area contributed by atoms with E-state index in [2.05, 4.69) is 10.6 Å². The van der Waals surface area contributed by atoms with E-state index in [1.807, 2.05) is 18.2 Å². The lowest BCUT2D eigenvalue weighted by molar-refractivity contribution is -0.154. The number of ether oxygens (including phenoxy) is 1. The van der Waals surface area contributed by atoms with E-state index in [0.29, 0.717) is 36.0 Å². The van der Waals surface area contributed by atoms with Crippen LogP contribution in [-0.4, -0.2) is 47.7 Å². The minimum atomic E-state index is -0.842. The van der Waals surface area contributed by atoms with Crippen LogP contribution in [0.5, 0.6) is 0 Å². The molecule has 2 fully saturated rings. The average Bonchev–Trinajstić information content (AvgIpc) is 3.54. The summed E-state index contributed by atoms with van der Waals surface area (Å²) in [5.74, 6) is 0.476.